The van der Waals surface area contributed by atoms with E-state index in [0.717, 1.165) is 41.2 Å². The fraction of sp³-hybridized carbons (Fsp3) is 0.368. The maximum atomic E-state index is 12.4. The van der Waals surface area contributed by atoms with Crippen LogP contribution >= 0.6 is 0 Å². The Balaban J connectivity index is 1.82. The van der Waals surface area contributed by atoms with Gasteiger partial charge in [0, 0.05) is 18.3 Å². The fourth-order valence-electron chi connectivity index (χ4n) is 3.24. The monoisotopic (exact) mass is 324 g/mol. The number of rotatable bonds is 3. The third-order valence-corrected chi connectivity index (χ3v) is 4.34. The second-order valence-corrected chi connectivity index (χ2v) is 6.36. The molecule has 0 fully saturated rings. The van der Waals surface area contributed by atoms with E-state index in [-0.39, 0.29) is 6.03 Å². The minimum absolute atomic E-state index is 0.249. The minimum atomic E-state index is -0.249. The van der Waals surface area contributed by atoms with Crippen molar-refractivity contribution in [3.05, 3.63) is 47.2 Å². The summed E-state index contributed by atoms with van der Waals surface area (Å²) < 4.78 is 1.75. The van der Waals surface area contributed by atoms with Crippen LogP contribution in [0.25, 0.3) is 5.57 Å². The van der Waals surface area contributed by atoms with Crippen molar-refractivity contribution in [1.82, 2.24) is 9.78 Å². The number of hydrogen-bond acceptors (Lipinski definition) is 2. The number of anilines is 2. The molecule has 3 rings (SSSR count). The van der Waals surface area contributed by atoms with E-state index in [1.165, 1.54) is 18.4 Å². The second-order valence-electron chi connectivity index (χ2n) is 6.36. The average Bonchev–Trinajstić information content (AvgIpc) is 2.82. The molecular formula is C19H24N4O. The SMILES string of the molecule is Cc1cccc(NC(=O)Nc2c(C3=CCCCC3)c(C)nn2C)c1. The number of nitrogens with zero attached hydrogens (tertiary/aromatic N) is 2. The van der Waals surface area contributed by atoms with Crippen LogP contribution in [-0.2, 0) is 7.05 Å². The van der Waals surface area contributed by atoms with Crippen LogP contribution in [0.5, 0.6) is 0 Å². The summed E-state index contributed by atoms with van der Waals surface area (Å²) in [5.41, 5.74) is 5.20. The van der Waals surface area contributed by atoms with Gasteiger partial charge in [-0.1, -0.05) is 18.2 Å². The van der Waals surface area contributed by atoms with Gasteiger partial charge < -0.3 is 5.32 Å². The molecular weight excluding hydrogens is 300 g/mol. The number of aryl methyl sites for hydroxylation is 3. The van der Waals surface area contributed by atoms with Crippen molar-refractivity contribution >= 4 is 23.1 Å². The molecule has 0 saturated carbocycles. The first-order valence-corrected chi connectivity index (χ1v) is 8.42. The van der Waals surface area contributed by atoms with Crippen LogP contribution in [0, 0.1) is 13.8 Å². The standard InChI is InChI=1S/C19H24N4O/c1-13-8-7-11-16(12-13)20-19(24)21-18-17(14(2)22-23(18)3)15-9-5-4-6-10-15/h7-9,11-12H,4-6,10H2,1-3H3,(H2,20,21,24). The third kappa shape index (κ3) is 3.50. The Hall–Kier alpha value is -2.56. The van der Waals surface area contributed by atoms with Crippen molar-refractivity contribution in [1.29, 1.82) is 0 Å². The van der Waals surface area contributed by atoms with Gasteiger partial charge in [-0.2, -0.15) is 5.10 Å². The molecule has 0 spiro atoms. The number of hydrogen-bond donors (Lipinski definition) is 2. The van der Waals surface area contributed by atoms with Gasteiger partial charge in [0.2, 0.25) is 0 Å². The summed E-state index contributed by atoms with van der Waals surface area (Å²) in [6.45, 7) is 4.00. The molecule has 2 aromatic rings. The number of carbonyl (C=O) groups is 1. The van der Waals surface area contributed by atoms with E-state index in [0.29, 0.717) is 0 Å². The maximum Gasteiger partial charge on any atom is 0.324 e. The van der Waals surface area contributed by atoms with Gasteiger partial charge in [0.05, 0.1) is 5.69 Å². The van der Waals surface area contributed by atoms with Crippen molar-refractivity contribution in [3.63, 3.8) is 0 Å². The second kappa shape index (κ2) is 6.91. The summed E-state index contributed by atoms with van der Waals surface area (Å²) in [4.78, 5) is 12.4. The quantitative estimate of drug-likeness (QED) is 0.864. The van der Waals surface area contributed by atoms with Gasteiger partial charge in [0.1, 0.15) is 5.82 Å². The lowest BCUT2D eigenvalue weighted by atomic mass is 9.93. The Morgan fingerprint density at radius 2 is 2.04 bits per heavy atom. The number of aromatic nitrogens is 2. The lowest BCUT2D eigenvalue weighted by molar-refractivity contribution is 0.262. The Labute approximate surface area is 142 Å². The number of allylic oxidation sites excluding steroid dienone is 2. The predicted octanol–water partition coefficient (Wildman–Crippen LogP) is 4.64. The summed E-state index contributed by atoms with van der Waals surface area (Å²) >= 11 is 0. The zero-order valence-corrected chi connectivity index (χ0v) is 14.5. The molecule has 0 aliphatic heterocycles. The maximum absolute atomic E-state index is 12.4. The highest BCUT2D eigenvalue weighted by molar-refractivity contribution is 6.01. The average molecular weight is 324 g/mol. The van der Waals surface area contributed by atoms with Crippen molar-refractivity contribution in [2.45, 2.75) is 39.5 Å². The van der Waals surface area contributed by atoms with Gasteiger partial charge in [0.25, 0.3) is 0 Å². The lowest BCUT2D eigenvalue weighted by Gasteiger charge is -2.15. The van der Waals surface area contributed by atoms with Crippen LogP contribution in [0.1, 0.15) is 42.5 Å². The van der Waals surface area contributed by atoms with E-state index in [4.69, 9.17) is 0 Å². The molecule has 1 heterocycles. The fourth-order valence-corrected chi connectivity index (χ4v) is 3.24. The van der Waals surface area contributed by atoms with Gasteiger partial charge in [-0.3, -0.25) is 10.00 Å². The molecule has 24 heavy (non-hydrogen) atoms. The van der Waals surface area contributed by atoms with E-state index < -0.39 is 0 Å². The largest absolute Gasteiger partial charge is 0.324 e. The van der Waals surface area contributed by atoms with E-state index in [1.54, 1.807) is 4.68 Å². The van der Waals surface area contributed by atoms with Gasteiger partial charge in [0.15, 0.2) is 0 Å². The molecule has 0 radical (unpaired) electrons. The molecule has 0 unspecified atom stereocenters. The molecule has 2 N–H and O–H groups in total. The molecule has 126 valence electrons. The minimum Gasteiger partial charge on any atom is -0.308 e. The van der Waals surface area contributed by atoms with Crippen molar-refractivity contribution in [2.75, 3.05) is 10.6 Å². The normalized spacial score (nSPS) is 14.2. The van der Waals surface area contributed by atoms with Crippen LogP contribution < -0.4 is 10.6 Å². The van der Waals surface area contributed by atoms with Crippen LogP contribution in [0.3, 0.4) is 0 Å². The number of amides is 2. The van der Waals surface area contributed by atoms with Gasteiger partial charge in [-0.15, -0.1) is 0 Å². The van der Waals surface area contributed by atoms with Crippen molar-refractivity contribution < 1.29 is 4.79 Å². The highest BCUT2D eigenvalue weighted by Gasteiger charge is 2.20. The van der Waals surface area contributed by atoms with Crippen molar-refractivity contribution in [3.8, 4) is 0 Å². The highest BCUT2D eigenvalue weighted by Crippen LogP contribution is 2.33. The molecule has 2 amide bonds. The summed E-state index contributed by atoms with van der Waals surface area (Å²) in [5, 5.41) is 10.4. The zero-order valence-electron chi connectivity index (χ0n) is 14.5. The summed E-state index contributed by atoms with van der Waals surface area (Å²) in [6.07, 6.45) is 6.84. The van der Waals surface area contributed by atoms with Gasteiger partial charge >= 0.3 is 6.03 Å². The molecule has 0 bridgehead atoms. The van der Waals surface area contributed by atoms with E-state index in [2.05, 4.69) is 21.8 Å². The zero-order chi connectivity index (χ0) is 17.1. The van der Waals surface area contributed by atoms with E-state index >= 15 is 0 Å². The smallest absolute Gasteiger partial charge is 0.308 e. The summed E-state index contributed by atoms with van der Waals surface area (Å²) in [5.74, 6) is 0.755. The first-order valence-electron chi connectivity index (χ1n) is 8.42. The number of urea groups is 1. The molecule has 1 aliphatic rings. The first kappa shape index (κ1) is 16.3. The van der Waals surface area contributed by atoms with Crippen LogP contribution in [0.2, 0.25) is 0 Å². The molecule has 1 aliphatic carbocycles. The first-order chi connectivity index (χ1) is 11.5. The molecule has 0 saturated heterocycles. The highest BCUT2D eigenvalue weighted by atomic mass is 16.2. The van der Waals surface area contributed by atoms with Crippen LogP contribution in [-0.4, -0.2) is 15.8 Å². The summed E-state index contributed by atoms with van der Waals surface area (Å²) in [6, 6.07) is 7.50. The molecule has 5 heteroatoms. The lowest BCUT2D eigenvalue weighted by Crippen LogP contribution is -2.22. The Morgan fingerprint density at radius 3 is 2.75 bits per heavy atom. The Kier molecular flexibility index (Phi) is 4.69. The van der Waals surface area contributed by atoms with Crippen LogP contribution in [0.4, 0.5) is 16.3 Å². The third-order valence-electron chi connectivity index (χ3n) is 4.34. The van der Waals surface area contributed by atoms with Gasteiger partial charge in [-0.25, -0.2) is 4.79 Å². The number of benzene rings is 1. The van der Waals surface area contributed by atoms with Crippen molar-refractivity contribution in [2.24, 2.45) is 7.05 Å². The number of nitrogens with one attached hydrogen (secondary N) is 2. The number of carbonyl (C=O) groups excluding carboxylic acids is 1. The Bertz CT molecular complexity index is 789. The molecule has 1 aromatic heterocycles. The predicted molar refractivity (Wildman–Crippen MR) is 98.2 cm³/mol. The molecule has 0 atom stereocenters. The molecule has 1 aromatic carbocycles. The van der Waals surface area contributed by atoms with Gasteiger partial charge in [-0.05, 0) is 62.8 Å². The topological polar surface area (TPSA) is 59.0 Å². The summed E-state index contributed by atoms with van der Waals surface area (Å²) in [7, 11) is 1.86. The van der Waals surface area contributed by atoms with Crippen LogP contribution in [0.15, 0.2) is 30.3 Å². The molecule has 5 nitrogen and oxygen atoms in total. The van der Waals surface area contributed by atoms with E-state index in [1.807, 2.05) is 45.2 Å². The Morgan fingerprint density at radius 1 is 1.21 bits per heavy atom. The van der Waals surface area contributed by atoms with E-state index in [9.17, 15) is 4.79 Å².